The maximum absolute atomic E-state index is 6.10. The Morgan fingerprint density at radius 2 is 1.13 bits per heavy atom. The highest BCUT2D eigenvalue weighted by atomic mass is 14.2. The summed E-state index contributed by atoms with van der Waals surface area (Å²) in [6, 6.07) is 6.34. The predicted molar refractivity (Wildman–Crippen MR) is 68.7 cm³/mol. The van der Waals surface area contributed by atoms with Crippen LogP contribution in [0.1, 0.15) is 44.4 Å². The molecule has 4 radical (unpaired) electrons. The lowest BCUT2D eigenvalue weighted by atomic mass is 9.63. The highest BCUT2D eigenvalue weighted by Crippen LogP contribution is 2.27. The maximum atomic E-state index is 6.10. The topological polar surface area (TPSA) is 0 Å². The van der Waals surface area contributed by atoms with Gasteiger partial charge in [0.1, 0.15) is 0 Å². The van der Waals surface area contributed by atoms with Gasteiger partial charge in [-0.15, -0.1) is 0 Å². The van der Waals surface area contributed by atoms with Crippen molar-refractivity contribution in [3.8, 4) is 0 Å². The summed E-state index contributed by atoms with van der Waals surface area (Å²) in [5.41, 5.74) is 3.48. The Kier molecular flexibility index (Phi) is 3.09. The maximum Gasteiger partial charge on any atom is 0.0802 e. The van der Waals surface area contributed by atoms with Crippen LogP contribution in [0.4, 0.5) is 0 Å². The van der Waals surface area contributed by atoms with E-state index in [0.29, 0.717) is 0 Å². The first-order valence-corrected chi connectivity index (χ1v) is 5.31. The molecule has 0 saturated carbocycles. The lowest BCUT2D eigenvalue weighted by Gasteiger charge is -2.26. The van der Waals surface area contributed by atoms with Crippen molar-refractivity contribution < 1.29 is 0 Å². The molecule has 1 rings (SSSR count). The van der Waals surface area contributed by atoms with Crippen LogP contribution in [0.15, 0.2) is 18.2 Å². The standard InChI is InChI=1S/C13H18B2/c1-9-6-10(12(2,3)14)8-11(7-9)13(4,5)15/h6-8H,1-5H3. The lowest BCUT2D eigenvalue weighted by Crippen LogP contribution is -2.21. The molecule has 15 heavy (non-hydrogen) atoms. The Hall–Kier alpha value is -0.650. The Bertz CT molecular complexity index is 322. The third-order valence-corrected chi connectivity index (χ3v) is 2.57. The van der Waals surface area contributed by atoms with Crippen LogP contribution in [0.25, 0.3) is 0 Å². The minimum atomic E-state index is -0.313. The smallest absolute Gasteiger partial charge is 0.0639 e. The largest absolute Gasteiger partial charge is 0.0802 e. The third kappa shape index (κ3) is 3.15. The summed E-state index contributed by atoms with van der Waals surface area (Å²) in [4.78, 5) is 0. The Morgan fingerprint density at radius 3 is 1.40 bits per heavy atom. The van der Waals surface area contributed by atoms with Gasteiger partial charge in [-0.25, -0.2) is 0 Å². The van der Waals surface area contributed by atoms with Gasteiger partial charge in [-0.3, -0.25) is 0 Å². The van der Waals surface area contributed by atoms with Gasteiger partial charge in [-0.2, -0.15) is 0 Å². The van der Waals surface area contributed by atoms with Gasteiger partial charge in [0.2, 0.25) is 0 Å². The van der Waals surface area contributed by atoms with Crippen LogP contribution in [-0.4, -0.2) is 15.7 Å². The van der Waals surface area contributed by atoms with E-state index in [1.165, 1.54) is 5.56 Å². The molecule has 0 heterocycles. The second kappa shape index (κ2) is 3.73. The first-order valence-electron chi connectivity index (χ1n) is 5.31. The molecule has 0 unspecified atom stereocenters. The molecule has 0 amide bonds. The van der Waals surface area contributed by atoms with Gasteiger partial charge in [-0.1, -0.05) is 62.6 Å². The van der Waals surface area contributed by atoms with Crippen molar-refractivity contribution >= 4 is 15.7 Å². The molecular formula is C13H18B2. The van der Waals surface area contributed by atoms with E-state index in [1.54, 1.807) is 0 Å². The van der Waals surface area contributed by atoms with E-state index in [9.17, 15) is 0 Å². The van der Waals surface area contributed by atoms with E-state index in [1.807, 2.05) is 27.7 Å². The molecule has 0 fully saturated rings. The first-order chi connectivity index (χ1) is 6.60. The highest BCUT2D eigenvalue weighted by molar-refractivity contribution is 6.16. The quantitative estimate of drug-likeness (QED) is 0.637. The van der Waals surface area contributed by atoms with Crippen molar-refractivity contribution in [1.82, 2.24) is 0 Å². The Labute approximate surface area is 96.3 Å². The molecule has 1 aromatic rings. The summed E-state index contributed by atoms with van der Waals surface area (Å²) in [7, 11) is 12.2. The summed E-state index contributed by atoms with van der Waals surface area (Å²) >= 11 is 0. The van der Waals surface area contributed by atoms with Crippen LogP contribution >= 0.6 is 0 Å². The van der Waals surface area contributed by atoms with E-state index in [-0.39, 0.29) is 10.6 Å². The number of aryl methyl sites for hydroxylation is 1. The molecule has 0 aromatic heterocycles. The van der Waals surface area contributed by atoms with Crippen LogP contribution < -0.4 is 0 Å². The van der Waals surface area contributed by atoms with Crippen LogP contribution in [0.3, 0.4) is 0 Å². The van der Waals surface area contributed by atoms with Gasteiger partial charge < -0.3 is 0 Å². The van der Waals surface area contributed by atoms with Crippen molar-refractivity contribution in [2.75, 3.05) is 0 Å². The minimum absolute atomic E-state index is 0.313. The van der Waals surface area contributed by atoms with Gasteiger partial charge in [0.25, 0.3) is 0 Å². The van der Waals surface area contributed by atoms with E-state index in [2.05, 4.69) is 25.1 Å². The van der Waals surface area contributed by atoms with Gasteiger partial charge in [0.15, 0.2) is 0 Å². The Balaban J connectivity index is 3.30. The van der Waals surface area contributed by atoms with E-state index >= 15 is 0 Å². The van der Waals surface area contributed by atoms with Gasteiger partial charge in [-0.05, 0) is 17.6 Å². The van der Waals surface area contributed by atoms with Gasteiger partial charge in [0.05, 0.1) is 15.7 Å². The normalized spacial score (nSPS) is 12.9. The van der Waals surface area contributed by atoms with E-state index in [0.717, 1.165) is 11.1 Å². The van der Waals surface area contributed by atoms with Crippen LogP contribution in [0.2, 0.25) is 0 Å². The van der Waals surface area contributed by atoms with E-state index < -0.39 is 0 Å². The average Bonchev–Trinajstić information content (AvgIpc) is 1.99. The molecule has 0 nitrogen and oxygen atoms in total. The predicted octanol–water partition coefficient (Wildman–Crippen LogP) is 2.80. The number of benzene rings is 1. The second-order valence-electron chi connectivity index (χ2n) is 5.53. The van der Waals surface area contributed by atoms with Crippen molar-refractivity contribution in [3.05, 3.63) is 34.9 Å². The summed E-state index contributed by atoms with van der Waals surface area (Å²) in [5.74, 6) is 0. The molecule has 2 heteroatoms. The molecule has 0 saturated heterocycles. The molecule has 0 N–H and O–H groups in total. The molecule has 1 aromatic carbocycles. The molecule has 0 spiro atoms. The second-order valence-corrected chi connectivity index (χ2v) is 5.53. The van der Waals surface area contributed by atoms with Crippen LogP contribution in [0.5, 0.6) is 0 Å². The summed E-state index contributed by atoms with van der Waals surface area (Å²) < 4.78 is 0. The first kappa shape index (κ1) is 12.4. The SMILES string of the molecule is [B]C(C)(C)c1cc(C)cc(C([B])(C)C)c1. The van der Waals surface area contributed by atoms with Crippen molar-refractivity contribution in [1.29, 1.82) is 0 Å². The summed E-state index contributed by atoms with van der Waals surface area (Å²) in [6.07, 6.45) is 0. The summed E-state index contributed by atoms with van der Waals surface area (Å²) in [6.45, 7) is 10.1. The van der Waals surface area contributed by atoms with Crippen LogP contribution in [-0.2, 0) is 10.6 Å². The van der Waals surface area contributed by atoms with Gasteiger partial charge in [0, 0.05) is 0 Å². The monoisotopic (exact) mass is 196 g/mol. The van der Waals surface area contributed by atoms with E-state index in [4.69, 9.17) is 15.7 Å². The molecule has 0 aliphatic heterocycles. The van der Waals surface area contributed by atoms with Crippen LogP contribution in [0, 0.1) is 6.92 Å². The number of rotatable bonds is 2. The molecule has 0 aliphatic carbocycles. The molecule has 0 bridgehead atoms. The molecular weight excluding hydrogens is 178 g/mol. The lowest BCUT2D eigenvalue weighted by molar-refractivity contribution is 0.733. The third-order valence-electron chi connectivity index (χ3n) is 2.57. The fraction of sp³-hybridized carbons (Fsp3) is 0.538. The minimum Gasteiger partial charge on any atom is -0.0639 e. The zero-order chi connectivity index (χ0) is 11.9. The van der Waals surface area contributed by atoms with Crippen molar-refractivity contribution in [3.63, 3.8) is 0 Å². The zero-order valence-electron chi connectivity index (χ0n) is 10.4. The Morgan fingerprint density at radius 1 is 0.800 bits per heavy atom. The fourth-order valence-electron chi connectivity index (χ4n) is 1.53. The summed E-state index contributed by atoms with van der Waals surface area (Å²) in [5, 5.41) is -0.627. The average molecular weight is 196 g/mol. The number of hydrogen-bond acceptors (Lipinski definition) is 0. The zero-order valence-corrected chi connectivity index (χ0v) is 10.4. The highest BCUT2D eigenvalue weighted by Gasteiger charge is 2.18. The van der Waals surface area contributed by atoms with Crippen molar-refractivity contribution in [2.45, 2.75) is 45.2 Å². The van der Waals surface area contributed by atoms with Crippen molar-refractivity contribution in [2.24, 2.45) is 0 Å². The molecule has 76 valence electrons. The molecule has 0 atom stereocenters. The fourth-order valence-corrected chi connectivity index (χ4v) is 1.53. The number of hydrogen-bond donors (Lipinski definition) is 0. The molecule has 0 aliphatic rings. The van der Waals surface area contributed by atoms with Gasteiger partial charge >= 0.3 is 0 Å².